The molecule has 0 radical (unpaired) electrons. The lowest BCUT2D eigenvalue weighted by atomic mass is 10.1. The largest absolute Gasteiger partial charge is 0.481 e. The van der Waals surface area contributed by atoms with Crippen LogP contribution in [0.1, 0.15) is 28.6 Å². The second kappa shape index (κ2) is 7.64. The fraction of sp³-hybridized carbons (Fsp3) is 0.400. The van der Waals surface area contributed by atoms with Crippen LogP contribution in [0.15, 0.2) is 41.0 Å². The monoisotopic (exact) mass is 356 g/mol. The first-order valence-electron chi connectivity index (χ1n) is 8.81. The quantitative estimate of drug-likeness (QED) is 0.845. The summed E-state index contributed by atoms with van der Waals surface area (Å²) >= 11 is 0. The molecule has 6 heteroatoms. The molecule has 0 bridgehead atoms. The van der Waals surface area contributed by atoms with Crippen LogP contribution >= 0.6 is 0 Å². The zero-order valence-electron chi connectivity index (χ0n) is 15.4. The van der Waals surface area contributed by atoms with E-state index in [0.29, 0.717) is 31.9 Å². The van der Waals surface area contributed by atoms with Gasteiger partial charge in [0, 0.05) is 26.2 Å². The summed E-state index contributed by atoms with van der Waals surface area (Å²) in [6.07, 6.45) is 0.919. The Balaban J connectivity index is 1.55. The minimum Gasteiger partial charge on any atom is -0.481 e. The number of hydrogen-bond donors (Lipinski definition) is 0. The Morgan fingerprint density at radius 3 is 2.38 bits per heavy atom. The molecule has 3 rings (SSSR count). The molecular formula is C20H24N2O4. The highest BCUT2D eigenvalue weighted by molar-refractivity contribution is 5.91. The smallest absolute Gasteiger partial charge is 0.289 e. The van der Waals surface area contributed by atoms with Gasteiger partial charge in [0.25, 0.3) is 11.8 Å². The second-order valence-electron chi connectivity index (χ2n) is 6.62. The normalized spacial score (nSPS) is 15.7. The van der Waals surface area contributed by atoms with Crippen LogP contribution < -0.4 is 4.74 Å². The maximum absolute atomic E-state index is 12.7. The van der Waals surface area contributed by atoms with Gasteiger partial charge in [-0.15, -0.1) is 0 Å². The molecule has 2 aromatic rings. The first-order valence-corrected chi connectivity index (χ1v) is 8.81. The maximum Gasteiger partial charge on any atom is 0.289 e. The minimum atomic E-state index is -0.566. The number of aryl methyl sites for hydroxylation is 2. The molecule has 0 spiro atoms. The summed E-state index contributed by atoms with van der Waals surface area (Å²) in [5, 5.41) is 0. The lowest BCUT2D eigenvalue weighted by Gasteiger charge is -2.35. The fourth-order valence-corrected chi connectivity index (χ4v) is 3.12. The molecule has 1 aliphatic rings. The molecule has 2 amide bonds. The number of amides is 2. The third kappa shape index (κ3) is 3.90. The maximum atomic E-state index is 12.7. The number of furan rings is 1. The van der Waals surface area contributed by atoms with E-state index in [1.807, 2.05) is 32.0 Å². The van der Waals surface area contributed by atoms with Crippen molar-refractivity contribution in [3.63, 3.8) is 0 Å². The topological polar surface area (TPSA) is 63.0 Å². The van der Waals surface area contributed by atoms with Crippen LogP contribution in [-0.4, -0.2) is 53.9 Å². The Labute approximate surface area is 153 Å². The molecule has 0 N–H and O–H groups in total. The van der Waals surface area contributed by atoms with E-state index in [1.165, 1.54) is 6.26 Å². The van der Waals surface area contributed by atoms with Crippen LogP contribution in [0.5, 0.6) is 5.75 Å². The van der Waals surface area contributed by atoms with Crippen LogP contribution in [0, 0.1) is 13.8 Å². The molecule has 0 unspecified atom stereocenters. The minimum absolute atomic E-state index is 0.0601. The van der Waals surface area contributed by atoms with Crippen LogP contribution in [0.3, 0.4) is 0 Å². The first kappa shape index (κ1) is 18.0. The number of nitrogens with zero attached hydrogens (tertiary/aromatic N) is 2. The van der Waals surface area contributed by atoms with Crippen molar-refractivity contribution in [1.82, 2.24) is 9.80 Å². The predicted octanol–water partition coefficient (Wildman–Crippen LogP) is 2.65. The van der Waals surface area contributed by atoms with Crippen molar-refractivity contribution in [2.75, 3.05) is 26.2 Å². The molecule has 1 atom stereocenters. The summed E-state index contributed by atoms with van der Waals surface area (Å²) in [7, 11) is 0. The van der Waals surface area contributed by atoms with Crippen LogP contribution in [-0.2, 0) is 4.79 Å². The number of rotatable bonds is 4. The zero-order valence-corrected chi connectivity index (χ0v) is 15.4. The fourth-order valence-electron chi connectivity index (χ4n) is 3.12. The van der Waals surface area contributed by atoms with Crippen molar-refractivity contribution in [1.29, 1.82) is 0 Å². The number of carbonyl (C=O) groups excluding carboxylic acids is 2. The molecule has 1 aromatic heterocycles. The van der Waals surface area contributed by atoms with Gasteiger partial charge in [-0.2, -0.15) is 0 Å². The van der Waals surface area contributed by atoms with Crippen molar-refractivity contribution in [2.45, 2.75) is 26.9 Å². The Bertz CT molecular complexity index is 777. The van der Waals surface area contributed by atoms with Crippen molar-refractivity contribution < 1.29 is 18.7 Å². The first-order chi connectivity index (χ1) is 12.5. The Morgan fingerprint density at radius 1 is 1.08 bits per heavy atom. The third-order valence-electron chi connectivity index (χ3n) is 4.59. The summed E-state index contributed by atoms with van der Waals surface area (Å²) < 4.78 is 11.0. The van der Waals surface area contributed by atoms with E-state index in [1.54, 1.807) is 28.9 Å². The van der Waals surface area contributed by atoms with Gasteiger partial charge in [-0.05, 0) is 44.5 Å². The van der Waals surface area contributed by atoms with Gasteiger partial charge in [0.15, 0.2) is 11.9 Å². The van der Waals surface area contributed by atoms with Crippen LogP contribution in [0.4, 0.5) is 0 Å². The number of piperazine rings is 1. The average Bonchev–Trinajstić information content (AvgIpc) is 3.17. The number of hydrogen-bond acceptors (Lipinski definition) is 4. The Kier molecular flexibility index (Phi) is 5.30. The number of carbonyl (C=O) groups is 2. The zero-order chi connectivity index (χ0) is 18.7. The third-order valence-corrected chi connectivity index (χ3v) is 4.59. The molecule has 1 saturated heterocycles. The van der Waals surface area contributed by atoms with Crippen molar-refractivity contribution >= 4 is 11.8 Å². The molecule has 6 nitrogen and oxygen atoms in total. The highest BCUT2D eigenvalue weighted by atomic mass is 16.5. The predicted molar refractivity (Wildman–Crippen MR) is 97.2 cm³/mol. The molecule has 0 aliphatic carbocycles. The van der Waals surface area contributed by atoms with E-state index >= 15 is 0 Å². The van der Waals surface area contributed by atoms with Gasteiger partial charge in [-0.25, -0.2) is 0 Å². The summed E-state index contributed by atoms with van der Waals surface area (Å²) in [5.41, 5.74) is 2.17. The molecule has 0 saturated carbocycles. The lowest BCUT2D eigenvalue weighted by molar-refractivity contribution is -0.139. The van der Waals surface area contributed by atoms with Gasteiger partial charge in [0.2, 0.25) is 0 Å². The van der Waals surface area contributed by atoms with Gasteiger partial charge in [0.05, 0.1) is 6.26 Å². The second-order valence-corrected chi connectivity index (χ2v) is 6.62. The summed E-state index contributed by atoms with van der Waals surface area (Å²) in [4.78, 5) is 28.4. The van der Waals surface area contributed by atoms with E-state index in [9.17, 15) is 9.59 Å². The number of benzene rings is 1. The standard InChI is InChI=1S/C20H24N2O4/c1-14-6-7-17(15(2)13-14)26-16(3)19(23)21-8-10-22(11-9-21)20(24)18-5-4-12-25-18/h4-7,12-13,16H,8-11H2,1-3H3/t16-/m0/s1. The molecule has 26 heavy (non-hydrogen) atoms. The molecular weight excluding hydrogens is 332 g/mol. The Hall–Kier alpha value is -2.76. The highest BCUT2D eigenvalue weighted by Gasteiger charge is 2.29. The van der Waals surface area contributed by atoms with Gasteiger partial charge < -0.3 is 19.0 Å². The van der Waals surface area contributed by atoms with Crippen LogP contribution in [0.2, 0.25) is 0 Å². The van der Waals surface area contributed by atoms with Crippen molar-refractivity contribution in [3.05, 3.63) is 53.5 Å². The summed E-state index contributed by atoms with van der Waals surface area (Å²) in [6.45, 7) is 7.72. The van der Waals surface area contributed by atoms with Crippen LogP contribution in [0.25, 0.3) is 0 Å². The van der Waals surface area contributed by atoms with Gasteiger partial charge in [-0.3, -0.25) is 9.59 Å². The molecule has 1 aliphatic heterocycles. The average molecular weight is 356 g/mol. The molecule has 1 fully saturated rings. The highest BCUT2D eigenvalue weighted by Crippen LogP contribution is 2.21. The van der Waals surface area contributed by atoms with E-state index in [2.05, 4.69) is 0 Å². The van der Waals surface area contributed by atoms with Crippen molar-refractivity contribution in [2.24, 2.45) is 0 Å². The molecule has 138 valence electrons. The SMILES string of the molecule is Cc1ccc(O[C@@H](C)C(=O)N2CCN(C(=O)c3ccco3)CC2)c(C)c1. The summed E-state index contributed by atoms with van der Waals surface area (Å²) in [6, 6.07) is 9.25. The molecule has 1 aromatic carbocycles. The molecule has 2 heterocycles. The lowest BCUT2D eigenvalue weighted by Crippen LogP contribution is -2.53. The van der Waals surface area contributed by atoms with Gasteiger partial charge in [-0.1, -0.05) is 17.7 Å². The van der Waals surface area contributed by atoms with E-state index in [0.717, 1.165) is 16.9 Å². The van der Waals surface area contributed by atoms with E-state index in [4.69, 9.17) is 9.15 Å². The van der Waals surface area contributed by atoms with E-state index in [-0.39, 0.29) is 11.8 Å². The Morgan fingerprint density at radius 2 is 1.77 bits per heavy atom. The van der Waals surface area contributed by atoms with E-state index < -0.39 is 6.10 Å². The van der Waals surface area contributed by atoms with Gasteiger partial charge in [0.1, 0.15) is 5.75 Å². The number of ether oxygens (including phenoxy) is 1. The van der Waals surface area contributed by atoms with Gasteiger partial charge >= 0.3 is 0 Å². The van der Waals surface area contributed by atoms with Crippen molar-refractivity contribution in [3.8, 4) is 5.75 Å². The summed E-state index contributed by atoms with van der Waals surface area (Å²) in [5.74, 6) is 0.858.